The molecule has 1 radical (unpaired) electrons. The first-order chi connectivity index (χ1) is 8.41. The van der Waals surface area contributed by atoms with Gasteiger partial charge < -0.3 is 0 Å². The highest BCUT2D eigenvalue weighted by Gasteiger charge is 1.92. The predicted molar refractivity (Wildman–Crippen MR) is 75.9 cm³/mol. The summed E-state index contributed by atoms with van der Waals surface area (Å²) < 4.78 is 0. The van der Waals surface area contributed by atoms with Crippen LogP contribution < -0.4 is 0 Å². The van der Waals surface area contributed by atoms with Gasteiger partial charge >= 0.3 is 0 Å². The van der Waals surface area contributed by atoms with Crippen molar-refractivity contribution in [3.8, 4) is 0 Å². The molecule has 0 unspecified atom stereocenters. The molecule has 0 saturated heterocycles. The third-order valence-electron chi connectivity index (χ3n) is 3.05. The van der Waals surface area contributed by atoms with E-state index in [0.29, 0.717) is 6.42 Å². The van der Waals surface area contributed by atoms with Crippen LogP contribution in [0.2, 0.25) is 0 Å². The van der Waals surface area contributed by atoms with Crippen molar-refractivity contribution >= 4 is 6.29 Å². The van der Waals surface area contributed by atoms with Gasteiger partial charge in [0.05, 0.1) is 0 Å². The van der Waals surface area contributed by atoms with Crippen molar-refractivity contribution in [3.05, 3.63) is 12.2 Å². The van der Waals surface area contributed by atoms with Crippen LogP contribution in [-0.2, 0) is 4.79 Å². The Kier molecular flexibility index (Phi) is 14.9. The van der Waals surface area contributed by atoms with Crippen LogP contribution in [0.4, 0.5) is 0 Å². The minimum Gasteiger partial charge on any atom is -0.291 e. The van der Waals surface area contributed by atoms with E-state index in [1.807, 2.05) is 6.29 Å². The molecule has 0 saturated carbocycles. The summed E-state index contributed by atoms with van der Waals surface area (Å²) >= 11 is 0. The molecule has 0 aliphatic carbocycles. The minimum absolute atomic E-state index is 0.630. The topological polar surface area (TPSA) is 17.1 Å². The van der Waals surface area contributed by atoms with Gasteiger partial charge in [-0.15, -0.1) is 0 Å². The fourth-order valence-corrected chi connectivity index (χ4v) is 1.98. The zero-order valence-corrected chi connectivity index (χ0v) is 11.5. The highest BCUT2D eigenvalue weighted by Crippen LogP contribution is 2.11. The standard InChI is InChI=1S/C16H29O/c1-2-3-4-5-6-7-8-9-10-11-12-13-14-15-16-17/h3-4H,2,5-15H2,1H3/b4-3+. The van der Waals surface area contributed by atoms with E-state index in [0.717, 1.165) is 6.42 Å². The lowest BCUT2D eigenvalue weighted by atomic mass is 10.1. The molecule has 0 heterocycles. The normalized spacial score (nSPS) is 11.1. The average molecular weight is 237 g/mol. The second-order valence-corrected chi connectivity index (χ2v) is 4.74. The molecule has 0 amide bonds. The molecule has 0 fully saturated rings. The van der Waals surface area contributed by atoms with Crippen molar-refractivity contribution in [1.82, 2.24) is 0 Å². The van der Waals surface area contributed by atoms with Gasteiger partial charge in [0, 0.05) is 6.42 Å². The molecule has 0 aromatic heterocycles. The second kappa shape index (κ2) is 15.4. The van der Waals surface area contributed by atoms with Gasteiger partial charge in [-0.3, -0.25) is 4.79 Å². The number of unbranched alkanes of at least 4 members (excludes halogenated alkanes) is 10. The van der Waals surface area contributed by atoms with Crippen molar-refractivity contribution < 1.29 is 4.79 Å². The van der Waals surface area contributed by atoms with Crippen molar-refractivity contribution in [3.63, 3.8) is 0 Å². The van der Waals surface area contributed by atoms with Gasteiger partial charge in [-0.1, -0.05) is 64.0 Å². The fourth-order valence-electron chi connectivity index (χ4n) is 1.98. The van der Waals surface area contributed by atoms with E-state index in [1.165, 1.54) is 64.2 Å². The monoisotopic (exact) mass is 237 g/mol. The summed E-state index contributed by atoms with van der Waals surface area (Å²) in [7, 11) is 0. The van der Waals surface area contributed by atoms with Gasteiger partial charge in [0.1, 0.15) is 0 Å². The van der Waals surface area contributed by atoms with Crippen LogP contribution in [0.1, 0.15) is 84.0 Å². The van der Waals surface area contributed by atoms with Crippen LogP contribution in [-0.4, -0.2) is 6.29 Å². The predicted octanol–water partition coefficient (Wildman–Crippen LogP) is 5.35. The van der Waals surface area contributed by atoms with Crippen molar-refractivity contribution in [2.24, 2.45) is 0 Å². The third kappa shape index (κ3) is 15.4. The Balaban J connectivity index is 2.93. The highest BCUT2D eigenvalue weighted by molar-refractivity contribution is 5.50. The van der Waals surface area contributed by atoms with Crippen LogP contribution in [0.15, 0.2) is 12.2 Å². The molecule has 17 heavy (non-hydrogen) atoms. The van der Waals surface area contributed by atoms with Gasteiger partial charge in [0.25, 0.3) is 0 Å². The van der Waals surface area contributed by atoms with Gasteiger partial charge in [-0.05, 0) is 25.7 Å². The molecule has 0 rings (SSSR count). The molecule has 0 aliphatic rings. The Morgan fingerprint density at radius 1 is 0.765 bits per heavy atom. The van der Waals surface area contributed by atoms with Crippen molar-refractivity contribution in [2.75, 3.05) is 0 Å². The summed E-state index contributed by atoms with van der Waals surface area (Å²) in [6.45, 7) is 2.18. The number of hydrogen-bond acceptors (Lipinski definition) is 1. The lowest BCUT2D eigenvalue weighted by Crippen LogP contribution is -1.82. The number of allylic oxidation sites excluding steroid dienone is 2. The average Bonchev–Trinajstić information content (AvgIpc) is 2.35. The second-order valence-electron chi connectivity index (χ2n) is 4.74. The molecule has 0 aromatic carbocycles. The van der Waals surface area contributed by atoms with E-state index in [4.69, 9.17) is 0 Å². The summed E-state index contributed by atoms with van der Waals surface area (Å²) in [5.41, 5.74) is 0. The van der Waals surface area contributed by atoms with E-state index >= 15 is 0 Å². The molecular weight excluding hydrogens is 208 g/mol. The van der Waals surface area contributed by atoms with E-state index in [1.54, 1.807) is 0 Å². The Morgan fingerprint density at radius 3 is 1.82 bits per heavy atom. The first kappa shape index (κ1) is 16.4. The summed E-state index contributed by atoms with van der Waals surface area (Å²) in [6, 6.07) is 0. The van der Waals surface area contributed by atoms with Gasteiger partial charge in [0.2, 0.25) is 0 Å². The molecule has 0 aliphatic heterocycles. The van der Waals surface area contributed by atoms with Crippen LogP contribution in [0.5, 0.6) is 0 Å². The summed E-state index contributed by atoms with van der Waals surface area (Å²) in [5, 5.41) is 0. The molecule has 1 nitrogen and oxygen atoms in total. The number of hydrogen-bond donors (Lipinski definition) is 0. The smallest absolute Gasteiger partial charge is 0.198 e. The molecule has 0 atom stereocenters. The van der Waals surface area contributed by atoms with Crippen LogP contribution in [0.3, 0.4) is 0 Å². The number of carbonyl (C=O) groups excluding carboxylic acids is 1. The first-order valence-corrected chi connectivity index (χ1v) is 7.41. The largest absolute Gasteiger partial charge is 0.291 e. The van der Waals surface area contributed by atoms with Crippen LogP contribution in [0.25, 0.3) is 0 Å². The summed E-state index contributed by atoms with van der Waals surface area (Å²) in [6.07, 6.45) is 21.3. The Morgan fingerprint density at radius 2 is 1.29 bits per heavy atom. The zero-order chi connectivity index (χ0) is 12.6. The first-order valence-electron chi connectivity index (χ1n) is 7.41. The Labute approximate surface area is 108 Å². The molecule has 0 spiro atoms. The summed E-state index contributed by atoms with van der Waals surface area (Å²) in [4.78, 5) is 9.98. The molecular formula is C16H29O. The molecule has 0 bridgehead atoms. The van der Waals surface area contributed by atoms with Gasteiger partial charge in [0.15, 0.2) is 6.29 Å². The zero-order valence-electron chi connectivity index (χ0n) is 11.5. The number of rotatable bonds is 13. The SMILES string of the molecule is CC/C=C/CCCCCCCCCCC[C]=O. The van der Waals surface area contributed by atoms with Crippen molar-refractivity contribution in [2.45, 2.75) is 84.0 Å². The lowest BCUT2D eigenvalue weighted by molar-refractivity contribution is 0.537. The Bertz CT molecular complexity index is 172. The Hall–Kier alpha value is -0.590. The maximum Gasteiger partial charge on any atom is 0.198 e. The van der Waals surface area contributed by atoms with Crippen LogP contribution in [0, 0.1) is 0 Å². The van der Waals surface area contributed by atoms with Gasteiger partial charge in [-0.2, -0.15) is 0 Å². The molecule has 0 aromatic rings. The van der Waals surface area contributed by atoms with E-state index in [9.17, 15) is 4.79 Å². The third-order valence-corrected chi connectivity index (χ3v) is 3.05. The van der Waals surface area contributed by atoms with E-state index < -0.39 is 0 Å². The lowest BCUT2D eigenvalue weighted by Gasteiger charge is -2.00. The fraction of sp³-hybridized carbons (Fsp3) is 0.812. The maximum atomic E-state index is 9.98. The van der Waals surface area contributed by atoms with Crippen molar-refractivity contribution in [1.29, 1.82) is 0 Å². The van der Waals surface area contributed by atoms with E-state index in [2.05, 4.69) is 19.1 Å². The van der Waals surface area contributed by atoms with Crippen LogP contribution >= 0.6 is 0 Å². The minimum atomic E-state index is 0.630. The van der Waals surface area contributed by atoms with Gasteiger partial charge in [-0.25, -0.2) is 0 Å². The summed E-state index contributed by atoms with van der Waals surface area (Å²) in [5.74, 6) is 0. The molecule has 0 N–H and O–H groups in total. The molecule has 99 valence electrons. The van der Waals surface area contributed by atoms with E-state index in [-0.39, 0.29) is 0 Å². The maximum absolute atomic E-state index is 9.98. The highest BCUT2D eigenvalue weighted by atomic mass is 16.1. The molecule has 1 heteroatoms. The quantitative estimate of drug-likeness (QED) is 0.311.